The molecule has 2 aromatic rings. The van der Waals surface area contributed by atoms with Crippen LogP contribution >= 0.6 is 23.2 Å². The number of fused-ring (bicyclic) bond motifs is 1. The minimum absolute atomic E-state index is 0.200. The lowest BCUT2D eigenvalue weighted by Crippen LogP contribution is -2.20. The Hall–Kier alpha value is -2.17. The number of carbonyl (C=O) groups is 1. The molecule has 1 aliphatic rings. The Balaban J connectivity index is 1.57. The fourth-order valence-electron chi connectivity index (χ4n) is 2.09. The molecule has 0 fully saturated rings. The number of ether oxygens (including phenoxy) is 2. The summed E-state index contributed by atoms with van der Waals surface area (Å²) in [4.78, 5) is 11.9. The number of rotatable bonds is 4. The summed E-state index contributed by atoms with van der Waals surface area (Å²) in [5.74, 6) is 1.20. The summed E-state index contributed by atoms with van der Waals surface area (Å²) in [7, 11) is 0. The molecule has 0 radical (unpaired) electrons. The van der Waals surface area contributed by atoms with Crippen molar-refractivity contribution < 1.29 is 14.3 Å². The zero-order chi connectivity index (χ0) is 16.2. The van der Waals surface area contributed by atoms with Gasteiger partial charge in [0, 0.05) is 12.6 Å². The van der Waals surface area contributed by atoms with E-state index in [-0.39, 0.29) is 12.7 Å². The van der Waals surface area contributed by atoms with E-state index in [1.807, 2.05) is 24.3 Å². The minimum Gasteiger partial charge on any atom is -0.454 e. The van der Waals surface area contributed by atoms with Crippen LogP contribution in [0, 0.1) is 0 Å². The van der Waals surface area contributed by atoms with Gasteiger partial charge in [-0.2, -0.15) is 0 Å². The van der Waals surface area contributed by atoms with Crippen molar-refractivity contribution in [3.63, 3.8) is 0 Å². The lowest BCUT2D eigenvalue weighted by molar-refractivity contribution is -0.116. The zero-order valence-corrected chi connectivity index (χ0v) is 13.5. The molecular weight excluding hydrogens is 337 g/mol. The van der Waals surface area contributed by atoms with Crippen molar-refractivity contribution in [2.24, 2.45) is 0 Å². The molecule has 1 amide bonds. The van der Waals surface area contributed by atoms with Gasteiger partial charge in [-0.15, -0.1) is 0 Å². The Morgan fingerprint density at radius 1 is 1.09 bits per heavy atom. The second-order valence-electron chi connectivity index (χ2n) is 4.91. The normalized spacial score (nSPS) is 12.6. The highest BCUT2D eigenvalue weighted by Gasteiger charge is 2.12. The van der Waals surface area contributed by atoms with Crippen LogP contribution in [0.1, 0.15) is 11.1 Å². The van der Waals surface area contributed by atoms with Crippen LogP contribution in [0.25, 0.3) is 6.08 Å². The third kappa shape index (κ3) is 3.97. The van der Waals surface area contributed by atoms with Gasteiger partial charge < -0.3 is 14.8 Å². The molecule has 0 spiro atoms. The molecule has 1 heterocycles. The van der Waals surface area contributed by atoms with E-state index in [1.165, 1.54) is 6.08 Å². The van der Waals surface area contributed by atoms with E-state index in [0.29, 0.717) is 28.1 Å². The Kier molecular flexibility index (Phi) is 4.74. The van der Waals surface area contributed by atoms with Crippen molar-refractivity contribution in [3.8, 4) is 11.5 Å². The standard InChI is InChI=1S/C17H13Cl2NO3/c18-13-4-1-12(7-14(13)19)9-20-17(21)6-3-11-2-5-15-16(8-11)23-10-22-15/h1-8H,9-10H2,(H,20,21). The van der Waals surface area contributed by atoms with Gasteiger partial charge in [-0.1, -0.05) is 35.3 Å². The Bertz CT molecular complexity index is 774. The summed E-state index contributed by atoms with van der Waals surface area (Å²) < 4.78 is 10.5. The molecule has 3 rings (SSSR count). The van der Waals surface area contributed by atoms with Crippen LogP contribution in [-0.2, 0) is 11.3 Å². The molecule has 0 saturated carbocycles. The third-order valence-corrected chi connectivity index (χ3v) is 4.01. The Morgan fingerprint density at radius 2 is 1.91 bits per heavy atom. The summed E-state index contributed by atoms with van der Waals surface area (Å²) in [5, 5.41) is 3.74. The predicted molar refractivity (Wildman–Crippen MR) is 89.9 cm³/mol. The van der Waals surface area contributed by atoms with Gasteiger partial charge in [0.15, 0.2) is 11.5 Å². The van der Waals surface area contributed by atoms with Crippen molar-refractivity contribution in [1.29, 1.82) is 0 Å². The molecule has 0 bridgehead atoms. The highest BCUT2D eigenvalue weighted by atomic mass is 35.5. The largest absolute Gasteiger partial charge is 0.454 e. The number of amides is 1. The van der Waals surface area contributed by atoms with Crippen LogP contribution in [0.15, 0.2) is 42.5 Å². The monoisotopic (exact) mass is 349 g/mol. The van der Waals surface area contributed by atoms with Gasteiger partial charge >= 0.3 is 0 Å². The fraction of sp³-hybridized carbons (Fsp3) is 0.118. The van der Waals surface area contributed by atoms with Crippen molar-refractivity contribution >= 4 is 35.2 Å². The van der Waals surface area contributed by atoms with Gasteiger partial charge in [0.1, 0.15) is 0 Å². The number of halogens is 2. The maximum Gasteiger partial charge on any atom is 0.244 e. The average molecular weight is 350 g/mol. The molecule has 0 unspecified atom stereocenters. The molecule has 1 aliphatic heterocycles. The maximum atomic E-state index is 11.9. The topological polar surface area (TPSA) is 47.6 Å². The maximum absolute atomic E-state index is 11.9. The van der Waals surface area contributed by atoms with E-state index in [1.54, 1.807) is 18.2 Å². The molecule has 4 nitrogen and oxygen atoms in total. The van der Waals surface area contributed by atoms with E-state index in [0.717, 1.165) is 11.1 Å². The van der Waals surface area contributed by atoms with E-state index in [2.05, 4.69) is 5.32 Å². The first kappa shape index (κ1) is 15.7. The molecule has 0 saturated heterocycles. The lowest BCUT2D eigenvalue weighted by atomic mass is 10.2. The van der Waals surface area contributed by atoms with E-state index in [9.17, 15) is 4.79 Å². The summed E-state index contributed by atoms with van der Waals surface area (Å²) in [6, 6.07) is 10.7. The number of benzene rings is 2. The van der Waals surface area contributed by atoms with Gasteiger partial charge in [0.25, 0.3) is 0 Å². The molecule has 6 heteroatoms. The third-order valence-electron chi connectivity index (χ3n) is 3.27. The number of nitrogens with one attached hydrogen (secondary N) is 1. The molecule has 1 N–H and O–H groups in total. The zero-order valence-electron chi connectivity index (χ0n) is 12.0. The summed E-state index contributed by atoms with van der Waals surface area (Å²) in [6.45, 7) is 0.605. The van der Waals surface area contributed by atoms with Gasteiger partial charge in [-0.3, -0.25) is 4.79 Å². The average Bonchev–Trinajstić information content (AvgIpc) is 3.01. The van der Waals surface area contributed by atoms with Gasteiger partial charge in [0.05, 0.1) is 10.0 Å². The summed E-state index contributed by atoms with van der Waals surface area (Å²) >= 11 is 11.8. The first-order valence-corrected chi connectivity index (χ1v) is 7.67. The second kappa shape index (κ2) is 6.94. The fourth-order valence-corrected chi connectivity index (χ4v) is 2.41. The van der Waals surface area contributed by atoms with E-state index in [4.69, 9.17) is 32.7 Å². The summed E-state index contributed by atoms with van der Waals surface area (Å²) in [6.07, 6.45) is 3.18. The first-order valence-electron chi connectivity index (χ1n) is 6.91. The predicted octanol–water partition coefficient (Wildman–Crippen LogP) is 4.05. The lowest BCUT2D eigenvalue weighted by Gasteiger charge is -2.04. The van der Waals surface area contributed by atoms with Crippen molar-refractivity contribution in [3.05, 3.63) is 63.6 Å². The molecule has 2 aromatic carbocycles. The van der Waals surface area contributed by atoms with Crippen LogP contribution < -0.4 is 14.8 Å². The molecular formula is C17H13Cl2NO3. The van der Waals surface area contributed by atoms with Crippen molar-refractivity contribution in [2.75, 3.05) is 6.79 Å². The van der Waals surface area contributed by atoms with E-state index < -0.39 is 0 Å². The highest BCUT2D eigenvalue weighted by molar-refractivity contribution is 6.42. The van der Waals surface area contributed by atoms with Gasteiger partial charge in [-0.05, 0) is 41.5 Å². The quantitative estimate of drug-likeness (QED) is 0.847. The number of carbonyl (C=O) groups excluding carboxylic acids is 1. The molecule has 118 valence electrons. The van der Waals surface area contributed by atoms with Crippen LogP contribution in [-0.4, -0.2) is 12.7 Å². The van der Waals surface area contributed by atoms with Crippen LogP contribution in [0.5, 0.6) is 11.5 Å². The van der Waals surface area contributed by atoms with Gasteiger partial charge in [0.2, 0.25) is 12.7 Å². The smallest absolute Gasteiger partial charge is 0.244 e. The summed E-state index contributed by atoms with van der Waals surface area (Å²) in [5.41, 5.74) is 1.74. The Morgan fingerprint density at radius 3 is 2.74 bits per heavy atom. The molecule has 0 aliphatic carbocycles. The van der Waals surface area contributed by atoms with Crippen molar-refractivity contribution in [1.82, 2.24) is 5.32 Å². The minimum atomic E-state index is -0.200. The van der Waals surface area contributed by atoms with Crippen molar-refractivity contribution in [2.45, 2.75) is 6.54 Å². The van der Waals surface area contributed by atoms with Crippen LogP contribution in [0.3, 0.4) is 0 Å². The molecule has 23 heavy (non-hydrogen) atoms. The van der Waals surface area contributed by atoms with Crippen LogP contribution in [0.4, 0.5) is 0 Å². The number of hydrogen-bond acceptors (Lipinski definition) is 3. The SMILES string of the molecule is O=C(C=Cc1ccc2c(c1)OCO2)NCc1ccc(Cl)c(Cl)c1. The molecule has 0 aromatic heterocycles. The van der Waals surface area contributed by atoms with E-state index >= 15 is 0 Å². The van der Waals surface area contributed by atoms with Gasteiger partial charge in [-0.25, -0.2) is 0 Å². The first-order chi connectivity index (χ1) is 11.1. The highest BCUT2D eigenvalue weighted by Crippen LogP contribution is 2.32. The van der Waals surface area contributed by atoms with Crippen LogP contribution in [0.2, 0.25) is 10.0 Å². The Labute approximate surface area is 143 Å². The molecule has 0 atom stereocenters. The number of hydrogen-bond donors (Lipinski definition) is 1. The second-order valence-corrected chi connectivity index (χ2v) is 5.73.